The highest BCUT2D eigenvalue weighted by Gasteiger charge is 2.30. The first-order chi connectivity index (χ1) is 13.4. The first kappa shape index (κ1) is 18.3. The number of rotatable bonds is 2. The van der Waals surface area contributed by atoms with E-state index in [9.17, 15) is 25.2 Å². The van der Waals surface area contributed by atoms with Gasteiger partial charge >= 0.3 is 0 Å². The van der Waals surface area contributed by atoms with Crippen molar-refractivity contribution in [2.45, 2.75) is 29.1 Å². The quantitative estimate of drug-likeness (QED) is 0.456. The lowest BCUT2D eigenvalue weighted by molar-refractivity contribution is 0.0953. The number of phenols is 4. The Morgan fingerprint density at radius 2 is 1.57 bits per heavy atom. The van der Waals surface area contributed by atoms with Crippen molar-refractivity contribution in [2.75, 3.05) is 0 Å². The maximum Gasteiger partial charge on any atom is 0.171 e. The van der Waals surface area contributed by atoms with Crippen LogP contribution in [0.4, 0.5) is 0 Å². The Morgan fingerprint density at radius 3 is 2.29 bits per heavy atom. The van der Waals surface area contributed by atoms with Gasteiger partial charge in [0.25, 0.3) is 0 Å². The van der Waals surface area contributed by atoms with E-state index in [2.05, 4.69) is 0 Å². The van der Waals surface area contributed by atoms with Gasteiger partial charge in [0.05, 0.1) is 0 Å². The Hall–Kier alpha value is -3.12. The van der Waals surface area contributed by atoms with Gasteiger partial charge in [-0.05, 0) is 47.9 Å². The van der Waals surface area contributed by atoms with E-state index in [0.717, 1.165) is 16.0 Å². The standard InChI is InChI=1S/C22H18O5S/c1-2-13-15-5-3-11(14-6-4-12(23)8-17(14)24)7-20(15)28-21-10-19(26)18(25)9-16(21)22(13)27/h3-10,13,23-26H,2H2,1H3. The summed E-state index contributed by atoms with van der Waals surface area (Å²) in [6.45, 7) is 1.93. The zero-order chi connectivity index (χ0) is 20.0. The topological polar surface area (TPSA) is 98.0 Å². The van der Waals surface area contributed by atoms with Crippen LogP contribution in [0, 0.1) is 0 Å². The van der Waals surface area contributed by atoms with Crippen LogP contribution in [0.2, 0.25) is 0 Å². The van der Waals surface area contributed by atoms with Crippen LogP contribution in [0.15, 0.2) is 58.3 Å². The molecule has 4 N–H and O–H groups in total. The summed E-state index contributed by atoms with van der Waals surface area (Å²) < 4.78 is 0. The van der Waals surface area contributed by atoms with Crippen LogP contribution >= 0.6 is 11.8 Å². The molecule has 28 heavy (non-hydrogen) atoms. The summed E-state index contributed by atoms with van der Waals surface area (Å²) in [6.07, 6.45) is 0.595. The molecule has 4 rings (SSSR count). The minimum Gasteiger partial charge on any atom is -0.508 e. The van der Waals surface area contributed by atoms with Gasteiger partial charge in [-0.15, -0.1) is 0 Å². The van der Waals surface area contributed by atoms with Gasteiger partial charge in [-0.2, -0.15) is 0 Å². The van der Waals surface area contributed by atoms with Crippen molar-refractivity contribution in [1.29, 1.82) is 0 Å². The molecule has 5 nitrogen and oxygen atoms in total. The van der Waals surface area contributed by atoms with Crippen LogP contribution in [0.1, 0.15) is 35.2 Å². The molecule has 1 aliphatic heterocycles. The predicted octanol–water partition coefficient (Wildman–Crippen LogP) is 5.02. The van der Waals surface area contributed by atoms with Gasteiger partial charge in [0.2, 0.25) is 0 Å². The molecule has 0 aromatic heterocycles. The molecule has 6 heteroatoms. The van der Waals surface area contributed by atoms with Gasteiger partial charge in [-0.25, -0.2) is 0 Å². The molecule has 0 bridgehead atoms. The Balaban J connectivity index is 1.89. The van der Waals surface area contributed by atoms with Gasteiger partial charge in [0, 0.05) is 32.9 Å². The van der Waals surface area contributed by atoms with Crippen LogP contribution in [0.5, 0.6) is 23.0 Å². The van der Waals surface area contributed by atoms with E-state index in [1.807, 2.05) is 25.1 Å². The number of hydrogen-bond acceptors (Lipinski definition) is 6. The summed E-state index contributed by atoms with van der Waals surface area (Å²) in [5.74, 6) is -1.11. The molecule has 0 spiro atoms. The SMILES string of the molecule is CCC1C(=O)c2cc(O)c(O)cc2Sc2cc(-c3ccc(O)cc3O)ccc21. The minimum absolute atomic E-state index is 0.0220. The molecule has 0 aliphatic carbocycles. The smallest absolute Gasteiger partial charge is 0.171 e. The molecule has 1 unspecified atom stereocenters. The molecule has 1 heterocycles. The fourth-order valence-electron chi connectivity index (χ4n) is 3.53. The predicted molar refractivity (Wildman–Crippen MR) is 106 cm³/mol. The fraction of sp³-hybridized carbons (Fsp3) is 0.136. The molecule has 0 saturated carbocycles. The van der Waals surface area contributed by atoms with Crippen LogP contribution in [0.3, 0.4) is 0 Å². The van der Waals surface area contributed by atoms with E-state index in [4.69, 9.17) is 0 Å². The molecule has 0 fully saturated rings. The van der Waals surface area contributed by atoms with Gasteiger partial charge in [0.1, 0.15) is 11.5 Å². The Bertz CT molecular complexity index is 1110. The third-order valence-electron chi connectivity index (χ3n) is 4.97. The zero-order valence-corrected chi connectivity index (χ0v) is 15.8. The Kier molecular flexibility index (Phi) is 4.43. The van der Waals surface area contributed by atoms with Crippen molar-refractivity contribution in [2.24, 2.45) is 0 Å². The summed E-state index contributed by atoms with van der Waals surface area (Å²) in [5, 5.41) is 39.4. The van der Waals surface area contributed by atoms with Crippen molar-refractivity contribution >= 4 is 17.5 Å². The van der Waals surface area contributed by atoms with E-state index >= 15 is 0 Å². The van der Waals surface area contributed by atoms with Crippen molar-refractivity contribution < 1.29 is 25.2 Å². The number of benzene rings is 3. The van der Waals surface area contributed by atoms with Gasteiger partial charge in [0.15, 0.2) is 17.3 Å². The van der Waals surface area contributed by atoms with Crippen LogP contribution in [-0.4, -0.2) is 26.2 Å². The molecule has 1 atom stereocenters. The molecule has 142 valence electrons. The number of carbonyl (C=O) groups is 1. The van der Waals surface area contributed by atoms with E-state index in [0.29, 0.717) is 22.4 Å². The van der Waals surface area contributed by atoms with Crippen molar-refractivity contribution in [3.05, 3.63) is 59.7 Å². The normalized spacial score (nSPS) is 15.6. The number of fused-ring (bicyclic) bond motifs is 2. The fourth-order valence-corrected chi connectivity index (χ4v) is 4.72. The molecule has 3 aromatic carbocycles. The Morgan fingerprint density at radius 1 is 0.821 bits per heavy atom. The molecule has 1 aliphatic rings. The summed E-state index contributed by atoms with van der Waals surface area (Å²) in [4.78, 5) is 14.5. The average Bonchev–Trinajstić information content (AvgIpc) is 2.76. The number of carbonyl (C=O) groups excluding carboxylic acids is 1. The monoisotopic (exact) mass is 394 g/mol. The second-order valence-electron chi connectivity index (χ2n) is 6.72. The van der Waals surface area contributed by atoms with E-state index in [-0.39, 0.29) is 34.7 Å². The van der Waals surface area contributed by atoms with Gasteiger partial charge in [-0.1, -0.05) is 30.8 Å². The van der Waals surface area contributed by atoms with E-state index in [1.54, 1.807) is 6.07 Å². The number of Topliss-reactive ketones (excluding diaryl/α,β-unsaturated/α-hetero) is 1. The maximum absolute atomic E-state index is 13.1. The van der Waals surface area contributed by atoms with Crippen molar-refractivity contribution in [1.82, 2.24) is 0 Å². The lowest BCUT2D eigenvalue weighted by atomic mass is 9.87. The summed E-state index contributed by atoms with van der Waals surface area (Å²) in [5.41, 5.74) is 2.57. The number of aromatic hydroxyl groups is 4. The molecule has 3 aromatic rings. The number of hydrogen-bond donors (Lipinski definition) is 4. The minimum atomic E-state index is -0.366. The summed E-state index contributed by atoms with van der Waals surface area (Å²) >= 11 is 1.34. The summed E-state index contributed by atoms with van der Waals surface area (Å²) in [6, 6.07) is 12.7. The second kappa shape index (κ2) is 6.80. The lowest BCUT2D eigenvalue weighted by Gasteiger charge is -2.16. The lowest BCUT2D eigenvalue weighted by Crippen LogP contribution is -2.12. The summed E-state index contributed by atoms with van der Waals surface area (Å²) in [7, 11) is 0. The third kappa shape index (κ3) is 2.96. The van der Waals surface area contributed by atoms with E-state index < -0.39 is 0 Å². The van der Waals surface area contributed by atoms with Crippen molar-refractivity contribution in [3.63, 3.8) is 0 Å². The molecular formula is C22H18O5S. The zero-order valence-electron chi connectivity index (χ0n) is 15.0. The first-order valence-electron chi connectivity index (χ1n) is 8.83. The Labute approximate surface area is 165 Å². The third-order valence-corrected chi connectivity index (χ3v) is 6.10. The van der Waals surface area contributed by atoms with Gasteiger partial charge < -0.3 is 20.4 Å². The van der Waals surface area contributed by atoms with Crippen LogP contribution < -0.4 is 0 Å². The van der Waals surface area contributed by atoms with Crippen LogP contribution in [0.25, 0.3) is 11.1 Å². The highest BCUT2D eigenvalue weighted by atomic mass is 32.2. The van der Waals surface area contributed by atoms with E-state index in [1.165, 1.54) is 36.0 Å². The second-order valence-corrected chi connectivity index (χ2v) is 7.80. The van der Waals surface area contributed by atoms with Crippen LogP contribution in [-0.2, 0) is 0 Å². The largest absolute Gasteiger partial charge is 0.508 e. The molecular weight excluding hydrogens is 376 g/mol. The first-order valence-corrected chi connectivity index (χ1v) is 9.65. The molecule has 0 amide bonds. The number of ketones is 1. The number of phenolic OH excluding ortho intramolecular Hbond substituents is 4. The highest BCUT2D eigenvalue weighted by molar-refractivity contribution is 7.99. The molecule has 0 radical (unpaired) electrons. The average molecular weight is 394 g/mol. The van der Waals surface area contributed by atoms with Gasteiger partial charge in [-0.3, -0.25) is 4.79 Å². The van der Waals surface area contributed by atoms with Crippen molar-refractivity contribution in [3.8, 4) is 34.1 Å². The maximum atomic E-state index is 13.1. The molecule has 0 saturated heterocycles. The highest BCUT2D eigenvalue weighted by Crippen LogP contribution is 2.47.